The summed E-state index contributed by atoms with van der Waals surface area (Å²) in [4.78, 5) is 7.33. The first-order chi connectivity index (χ1) is 9.21. The fraction of sp³-hybridized carbons (Fsp3) is 0.800. The van der Waals surface area contributed by atoms with E-state index in [-0.39, 0.29) is 0 Å². The van der Waals surface area contributed by atoms with Gasteiger partial charge in [0.15, 0.2) is 0 Å². The molecule has 0 aromatic carbocycles. The normalized spacial score (nSPS) is 29.7. The van der Waals surface area contributed by atoms with E-state index in [0.29, 0.717) is 6.04 Å². The number of hydrogen-bond donors (Lipinski definition) is 1. The highest BCUT2D eigenvalue weighted by Gasteiger charge is 2.36. The van der Waals surface area contributed by atoms with Crippen molar-refractivity contribution in [1.82, 2.24) is 14.9 Å². The predicted molar refractivity (Wildman–Crippen MR) is 78.6 cm³/mol. The molecule has 0 aliphatic carbocycles. The van der Waals surface area contributed by atoms with Crippen LogP contribution in [0.25, 0.3) is 0 Å². The molecule has 1 aromatic rings. The number of rotatable bonds is 4. The third-order valence-corrected chi connectivity index (χ3v) is 4.75. The van der Waals surface area contributed by atoms with Crippen LogP contribution in [0.3, 0.4) is 0 Å². The van der Waals surface area contributed by atoms with Crippen LogP contribution in [0.4, 0.5) is 5.95 Å². The third-order valence-electron chi connectivity index (χ3n) is 4.75. The topological polar surface area (TPSA) is 33.1 Å². The van der Waals surface area contributed by atoms with Crippen molar-refractivity contribution in [1.29, 1.82) is 0 Å². The summed E-state index contributed by atoms with van der Waals surface area (Å²) in [6.07, 6.45) is 8.47. The zero-order valence-corrected chi connectivity index (χ0v) is 12.4. The van der Waals surface area contributed by atoms with Crippen LogP contribution >= 0.6 is 0 Å². The van der Waals surface area contributed by atoms with E-state index in [0.717, 1.165) is 31.0 Å². The van der Waals surface area contributed by atoms with Gasteiger partial charge in [0.05, 0.1) is 5.69 Å². The molecule has 1 aromatic heterocycles. The van der Waals surface area contributed by atoms with Gasteiger partial charge in [0.1, 0.15) is 0 Å². The molecule has 1 N–H and O–H groups in total. The largest absolute Gasteiger partial charge is 0.339 e. The van der Waals surface area contributed by atoms with Crippen LogP contribution in [0.5, 0.6) is 0 Å². The monoisotopic (exact) mass is 262 g/mol. The predicted octanol–water partition coefficient (Wildman–Crippen LogP) is 2.09. The molecule has 4 nitrogen and oxygen atoms in total. The molecule has 106 valence electrons. The molecule has 0 amide bonds. The Hall–Kier alpha value is -1.03. The lowest BCUT2D eigenvalue weighted by atomic mass is 9.98. The number of nitrogens with one attached hydrogen (secondary N) is 1. The van der Waals surface area contributed by atoms with Crippen molar-refractivity contribution in [3.63, 3.8) is 0 Å². The Labute approximate surface area is 116 Å². The van der Waals surface area contributed by atoms with Crippen molar-refractivity contribution in [3.05, 3.63) is 11.9 Å². The number of nitrogens with zero attached hydrogens (tertiary/aromatic N) is 3. The van der Waals surface area contributed by atoms with Gasteiger partial charge in [-0.1, -0.05) is 6.92 Å². The summed E-state index contributed by atoms with van der Waals surface area (Å²) in [7, 11) is 2.12. The number of hydrogen-bond acceptors (Lipinski definition) is 3. The van der Waals surface area contributed by atoms with Crippen LogP contribution in [-0.4, -0.2) is 34.2 Å². The Bertz CT molecular complexity index is 427. The summed E-state index contributed by atoms with van der Waals surface area (Å²) in [6.45, 7) is 5.48. The van der Waals surface area contributed by atoms with Gasteiger partial charge in [0.25, 0.3) is 0 Å². The van der Waals surface area contributed by atoms with Gasteiger partial charge in [-0.25, -0.2) is 4.98 Å². The highest BCUT2D eigenvalue weighted by Crippen LogP contribution is 2.31. The zero-order valence-electron chi connectivity index (χ0n) is 12.4. The molecule has 4 heteroatoms. The number of piperidine rings is 1. The van der Waals surface area contributed by atoms with Crippen molar-refractivity contribution in [3.8, 4) is 0 Å². The van der Waals surface area contributed by atoms with Crippen molar-refractivity contribution in [2.45, 2.75) is 64.1 Å². The number of aromatic nitrogens is 2. The van der Waals surface area contributed by atoms with Gasteiger partial charge in [-0.15, -0.1) is 0 Å². The first kappa shape index (κ1) is 13.0. The van der Waals surface area contributed by atoms with Crippen molar-refractivity contribution >= 4 is 5.95 Å². The van der Waals surface area contributed by atoms with Crippen LogP contribution in [-0.2, 0) is 13.5 Å². The van der Waals surface area contributed by atoms with Gasteiger partial charge in [-0.3, -0.25) is 0 Å². The summed E-state index contributed by atoms with van der Waals surface area (Å²) in [5.41, 5.74) is 1.20. The van der Waals surface area contributed by atoms with E-state index in [9.17, 15) is 0 Å². The minimum Gasteiger partial charge on any atom is -0.339 e. The van der Waals surface area contributed by atoms with Gasteiger partial charge in [-0.05, 0) is 39.0 Å². The van der Waals surface area contributed by atoms with Gasteiger partial charge in [0.2, 0.25) is 5.95 Å². The maximum Gasteiger partial charge on any atom is 0.205 e. The number of aryl methyl sites for hydroxylation is 2. The molecule has 3 heterocycles. The lowest BCUT2D eigenvalue weighted by molar-refractivity contribution is 0.345. The lowest BCUT2D eigenvalue weighted by Crippen LogP contribution is -2.49. The van der Waals surface area contributed by atoms with Gasteiger partial charge in [-0.2, -0.15) is 0 Å². The molecule has 0 radical (unpaired) electrons. The molecule has 2 unspecified atom stereocenters. The standard InChI is InChI=1S/C15H26N4/c1-4-11-10-18(3)15(17-11)19(5-2)14-8-12-6-7-13(9-14)16-12/h10,12-14,16H,4-9H2,1-3H3. The molecular weight excluding hydrogens is 236 g/mol. The van der Waals surface area contributed by atoms with Gasteiger partial charge >= 0.3 is 0 Å². The maximum atomic E-state index is 4.81. The first-order valence-electron chi connectivity index (χ1n) is 7.76. The molecule has 3 rings (SSSR count). The van der Waals surface area contributed by atoms with Crippen LogP contribution in [0.2, 0.25) is 0 Å². The third kappa shape index (κ3) is 2.38. The van der Waals surface area contributed by atoms with E-state index < -0.39 is 0 Å². The number of anilines is 1. The van der Waals surface area contributed by atoms with E-state index in [1.807, 2.05) is 0 Å². The second-order valence-corrected chi connectivity index (χ2v) is 6.05. The maximum absolute atomic E-state index is 4.81. The summed E-state index contributed by atoms with van der Waals surface area (Å²) >= 11 is 0. The molecule has 2 fully saturated rings. The van der Waals surface area contributed by atoms with Crippen molar-refractivity contribution in [2.75, 3.05) is 11.4 Å². The zero-order chi connectivity index (χ0) is 13.4. The lowest BCUT2D eigenvalue weighted by Gasteiger charge is -2.37. The molecule has 2 atom stereocenters. The Morgan fingerprint density at radius 3 is 2.53 bits per heavy atom. The highest BCUT2D eigenvalue weighted by atomic mass is 15.3. The van der Waals surface area contributed by atoms with E-state index in [2.05, 4.69) is 41.9 Å². The highest BCUT2D eigenvalue weighted by molar-refractivity contribution is 5.35. The van der Waals surface area contributed by atoms with Crippen LogP contribution in [0, 0.1) is 0 Å². The van der Waals surface area contributed by atoms with E-state index >= 15 is 0 Å². The van der Waals surface area contributed by atoms with E-state index in [1.165, 1.54) is 31.4 Å². The summed E-state index contributed by atoms with van der Waals surface area (Å²) in [5, 5.41) is 3.73. The summed E-state index contributed by atoms with van der Waals surface area (Å²) in [5.74, 6) is 1.16. The van der Waals surface area contributed by atoms with Crippen LogP contribution < -0.4 is 10.2 Å². The summed E-state index contributed by atoms with van der Waals surface area (Å²) in [6, 6.07) is 2.14. The molecule has 2 bridgehead atoms. The molecular formula is C15H26N4. The second kappa shape index (κ2) is 5.16. The summed E-state index contributed by atoms with van der Waals surface area (Å²) < 4.78 is 2.20. The SMILES string of the molecule is CCc1cn(C)c(N(CC)C2CC3CCC(C2)N3)n1. The van der Waals surface area contributed by atoms with Gasteiger partial charge in [0, 0.05) is 37.9 Å². The van der Waals surface area contributed by atoms with E-state index in [4.69, 9.17) is 4.98 Å². The fourth-order valence-electron chi connectivity index (χ4n) is 3.80. The smallest absolute Gasteiger partial charge is 0.205 e. The quantitative estimate of drug-likeness (QED) is 0.902. The van der Waals surface area contributed by atoms with Crippen LogP contribution in [0.15, 0.2) is 6.20 Å². The Morgan fingerprint density at radius 2 is 2.00 bits per heavy atom. The number of imidazole rings is 1. The Morgan fingerprint density at radius 1 is 1.32 bits per heavy atom. The fourth-order valence-corrected chi connectivity index (χ4v) is 3.80. The molecule has 0 spiro atoms. The van der Waals surface area contributed by atoms with E-state index in [1.54, 1.807) is 0 Å². The minimum atomic E-state index is 0.662. The Kier molecular flexibility index (Phi) is 3.52. The average molecular weight is 262 g/mol. The molecule has 0 saturated carbocycles. The average Bonchev–Trinajstić information content (AvgIpc) is 2.94. The molecule has 19 heavy (non-hydrogen) atoms. The molecule has 2 saturated heterocycles. The van der Waals surface area contributed by atoms with Crippen LogP contribution in [0.1, 0.15) is 45.2 Å². The molecule has 2 aliphatic rings. The molecule has 2 aliphatic heterocycles. The van der Waals surface area contributed by atoms with Crippen molar-refractivity contribution < 1.29 is 0 Å². The van der Waals surface area contributed by atoms with Gasteiger partial charge < -0.3 is 14.8 Å². The second-order valence-electron chi connectivity index (χ2n) is 6.05. The Balaban J connectivity index is 1.81. The first-order valence-corrected chi connectivity index (χ1v) is 7.76. The minimum absolute atomic E-state index is 0.662. The van der Waals surface area contributed by atoms with Crippen molar-refractivity contribution in [2.24, 2.45) is 7.05 Å². The number of fused-ring (bicyclic) bond motifs is 2.